The van der Waals surface area contributed by atoms with E-state index < -0.39 is 12.2 Å². The van der Waals surface area contributed by atoms with Gasteiger partial charge in [0.15, 0.2) is 0 Å². The van der Waals surface area contributed by atoms with Crippen molar-refractivity contribution in [2.45, 2.75) is 26.0 Å². The van der Waals surface area contributed by atoms with Crippen LogP contribution in [0.1, 0.15) is 17.5 Å². The first-order valence-electron chi connectivity index (χ1n) is 8.44. The van der Waals surface area contributed by atoms with Gasteiger partial charge in [0.05, 0.1) is 20.1 Å². The van der Waals surface area contributed by atoms with Crippen molar-refractivity contribution < 1.29 is 19.1 Å². The van der Waals surface area contributed by atoms with Crippen molar-refractivity contribution in [1.29, 1.82) is 0 Å². The fourth-order valence-electron chi connectivity index (χ4n) is 3.24. The monoisotopic (exact) mass is 354 g/mol. The predicted molar refractivity (Wildman–Crippen MR) is 97.7 cm³/mol. The Hall–Kier alpha value is -3.02. The van der Waals surface area contributed by atoms with Gasteiger partial charge in [-0.05, 0) is 30.2 Å². The molecule has 1 heterocycles. The fraction of sp³-hybridized carbons (Fsp3) is 0.300. The number of carbonyl (C=O) groups is 2. The van der Waals surface area contributed by atoms with Crippen LogP contribution >= 0.6 is 0 Å². The Morgan fingerprint density at radius 1 is 1.27 bits per heavy atom. The van der Waals surface area contributed by atoms with E-state index in [0.717, 1.165) is 28.0 Å². The van der Waals surface area contributed by atoms with Gasteiger partial charge in [-0.1, -0.05) is 35.9 Å². The van der Waals surface area contributed by atoms with Gasteiger partial charge in [-0.3, -0.25) is 4.79 Å². The predicted octanol–water partition coefficient (Wildman–Crippen LogP) is 2.87. The van der Waals surface area contributed by atoms with Crippen molar-refractivity contribution in [3.63, 3.8) is 0 Å². The number of likely N-dealkylation sites (tertiary alicyclic amines) is 1. The lowest BCUT2D eigenvalue weighted by molar-refractivity contribution is -0.128. The third-order valence-electron chi connectivity index (χ3n) is 4.43. The fourth-order valence-corrected chi connectivity index (χ4v) is 3.24. The minimum absolute atomic E-state index is 0.0517. The number of methoxy groups -OCH3 is 1. The highest BCUT2D eigenvalue weighted by Gasteiger charge is 2.31. The minimum Gasteiger partial charge on any atom is -0.496 e. The maximum absolute atomic E-state index is 12.2. The molecule has 0 aromatic heterocycles. The van der Waals surface area contributed by atoms with E-state index in [1.807, 2.05) is 43.3 Å². The third-order valence-corrected chi connectivity index (χ3v) is 4.43. The molecule has 6 nitrogen and oxygen atoms in total. The van der Waals surface area contributed by atoms with Gasteiger partial charge in [0.2, 0.25) is 5.91 Å². The summed E-state index contributed by atoms with van der Waals surface area (Å²) in [6.45, 7) is 2.84. The molecule has 26 heavy (non-hydrogen) atoms. The number of carbonyl (C=O) groups excluding carboxylic acids is 2. The van der Waals surface area contributed by atoms with Crippen LogP contribution in [0.5, 0.6) is 5.75 Å². The second kappa shape index (κ2) is 7.47. The van der Waals surface area contributed by atoms with Crippen LogP contribution < -0.4 is 10.5 Å². The molecule has 136 valence electrons. The summed E-state index contributed by atoms with van der Waals surface area (Å²) in [5.74, 6) is 0.728. The molecule has 0 spiro atoms. The van der Waals surface area contributed by atoms with Crippen LogP contribution in [0.3, 0.4) is 0 Å². The molecule has 2 aromatic rings. The summed E-state index contributed by atoms with van der Waals surface area (Å²) in [5.41, 5.74) is 9.22. The van der Waals surface area contributed by atoms with E-state index in [2.05, 4.69) is 6.07 Å². The number of benzene rings is 2. The van der Waals surface area contributed by atoms with Crippen molar-refractivity contribution in [2.24, 2.45) is 5.73 Å². The van der Waals surface area contributed by atoms with Gasteiger partial charge < -0.3 is 20.1 Å². The Morgan fingerprint density at radius 3 is 2.77 bits per heavy atom. The van der Waals surface area contributed by atoms with Gasteiger partial charge in [-0.25, -0.2) is 4.79 Å². The summed E-state index contributed by atoms with van der Waals surface area (Å²) in [5, 5.41) is 0. The second-order valence-corrected chi connectivity index (χ2v) is 6.44. The van der Waals surface area contributed by atoms with Crippen LogP contribution in [-0.4, -0.2) is 36.7 Å². The first-order chi connectivity index (χ1) is 12.5. The number of primary amides is 1. The van der Waals surface area contributed by atoms with E-state index in [1.54, 1.807) is 12.0 Å². The normalized spacial score (nSPS) is 16.6. The molecule has 0 saturated carbocycles. The van der Waals surface area contributed by atoms with Crippen molar-refractivity contribution in [2.75, 3.05) is 13.7 Å². The maximum Gasteiger partial charge on any atom is 0.404 e. The molecule has 0 radical (unpaired) electrons. The van der Waals surface area contributed by atoms with Crippen LogP contribution in [0.25, 0.3) is 11.1 Å². The number of amides is 2. The molecule has 1 saturated heterocycles. The molecular formula is C20H22N2O4. The topological polar surface area (TPSA) is 81.9 Å². The van der Waals surface area contributed by atoms with E-state index in [0.29, 0.717) is 13.1 Å². The van der Waals surface area contributed by atoms with Crippen molar-refractivity contribution in [3.8, 4) is 16.9 Å². The number of hydrogen-bond acceptors (Lipinski definition) is 4. The number of nitrogens with two attached hydrogens (primary N) is 1. The van der Waals surface area contributed by atoms with E-state index in [-0.39, 0.29) is 12.3 Å². The first-order valence-corrected chi connectivity index (χ1v) is 8.44. The number of rotatable bonds is 5. The van der Waals surface area contributed by atoms with Gasteiger partial charge in [0, 0.05) is 12.1 Å². The zero-order valence-corrected chi connectivity index (χ0v) is 14.9. The molecule has 2 aromatic carbocycles. The lowest BCUT2D eigenvalue weighted by atomic mass is 10.00. The highest BCUT2D eigenvalue weighted by Crippen LogP contribution is 2.32. The van der Waals surface area contributed by atoms with Gasteiger partial charge >= 0.3 is 6.09 Å². The Kier molecular flexibility index (Phi) is 5.11. The SMILES string of the molecule is COc1ccc(CN2C[C@@H](OC(N)=O)CC2=O)cc1-c1cccc(C)c1. The second-order valence-electron chi connectivity index (χ2n) is 6.44. The summed E-state index contributed by atoms with van der Waals surface area (Å²) in [6, 6.07) is 14.1. The summed E-state index contributed by atoms with van der Waals surface area (Å²) in [4.78, 5) is 24.7. The minimum atomic E-state index is -0.851. The Morgan fingerprint density at radius 2 is 2.08 bits per heavy atom. The number of aryl methyl sites for hydroxylation is 1. The maximum atomic E-state index is 12.2. The molecule has 2 amide bonds. The molecule has 2 N–H and O–H groups in total. The largest absolute Gasteiger partial charge is 0.496 e. The van der Waals surface area contributed by atoms with Crippen molar-refractivity contribution >= 4 is 12.0 Å². The molecule has 1 fully saturated rings. The number of nitrogens with zero attached hydrogens (tertiary/aromatic N) is 1. The van der Waals surface area contributed by atoms with Gasteiger partial charge in [-0.15, -0.1) is 0 Å². The zero-order chi connectivity index (χ0) is 18.7. The van der Waals surface area contributed by atoms with Crippen LogP contribution in [-0.2, 0) is 16.1 Å². The van der Waals surface area contributed by atoms with Crippen LogP contribution in [0.4, 0.5) is 4.79 Å². The molecule has 6 heteroatoms. The summed E-state index contributed by atoms with van der Waals surface area (Å²) in [6.07, 6.45) is -1.16. The molecular weight excluding hydrogens is 332 g/mol. The average molecular weight is 354 g/mol. The quantitative estimate of drug-likeness (QED) is 0.895. The lowest BCUT2D eigenvalue weighted by Gasteiger charge is -2.18. The smallest absolute Gasteiger partial charge is 0.404 e. The highest BCUT2D eigenvalue weighted by atomic mass is 16.6. The van der Waals surface area contributed by atoms with Gasteiger partial charge in [0.1, 0.15) is 11.9 Å². The molecule has 1 atom stereocenters. The highest BCUT2D eigenvalue weighted by molar-refractivity contribution is 5.80. The van der Waals surface area contributed by atoms with Crippen LogP contribution in [0.2, 0.25) is 0 Å². The van der Waals surface area contributed by atoms with Gasteiger partial charge in [-0.2, -0.15) is 0 Å². The molecule has 3 rings (SSSR count). The van der Waals surface area contributed by atoms with E-state index in [1.165, 1.54) is 0 Å². The van der Waals surface area contributed by atoms with Crippen LogP contribution in [0, 0.1) is 6.92 Å². The number of ether oxygens (including phenoxy) is 2. The van der Waals surface area contributed by atoms with Crippen LogP contribution in [0.15, 0.2) is 42.5 Å². The van der Waals surface area contributed by atoms with E-state index in [4.69, 9.17) is 15.2 Å². The first kappa shape index (κ1) is 17.8. The molecule has 0 unspecified atom stereocenters. The average Bonchev–Trinajstić information content (AvgIpc) is 2.93. The standard InChI is InChI=1S/C20H22N2O4/c1-13-4-3-5-15(8-13)17-9-14(6-7-18(17)25-2)11-22-12-16(10-19(22)23)26-20(21)24/h3-9,16H,10-12H2,1-2H3,(H2,21,24)/t16-/m0/s1. The third kappa shape index (κ3) is 3.96. The number of hydrogen-bond donors (Lipinski definition) is 1. The zero-order valence-electron chi connectivity index (χ0n) is 14.9. The summed E-state index contributed by atoms with van der Waals surface area (Å²) >= 11 is 0. The lowest BCUT2D eigenvalue weighted by Crippen LogP contribution is -2.28. The molecule has 0 bridgehead atoms. The molecule has 0 aliphatic carbocycles. The van der Waals surface area contributed by atoms with Crippen molar-refractivity contribution in [1.82, 2.24) is 4.90 Å². The Labute approximate surface area is 152 Å². The van der Waals surface area contributed by atoms with E-state index in [9.17, 15) is 9.59 Å². The van der Waals surface area contributed by atoms with E-state index >= 15 is 0 Å². The molecule has 1 aliphatic rings. The Balaban J connectivity index is 1.82. The summed E-state index contributed by atoms with van der Waals surface area (Å²) in [7, 11) is 1.64. The van der Waals surface area contributed by atoms with Crippen molar-refractivity contribution in [3.05, 3.63) is 53.6 Å². The van der Waals surface area contributed by atoms with Gasteiger partial charge in [0.25, 0.3) is 0 Å². The molecule has 1 aliphatic heterocycles. The summed E-state index contributed by atoms with van der Waals surface area (Å²) < 4.78 is 10.4. The Bertz CT molecular complexity index is 834.